The molecule has 2 aliphatic rings. The SMILES string of the molecule is Cc1ccccc1C1=CC=CC(COc2cc(OCc3cncc(C#N)c3)c(CN3CCCC[C@H]3C(=O)O)cc2Cl)(OCCCNC(Cc2ccncc2)C(=O)O)C1C. The number of carboxylic acid groups (broad SMARTS) is 2. The summed E-state index contributed by atoms with van der Waals surface area (Å²) in [6.07, 6.45) is 15.7. The van der Waals surface area contributed by atoms with Gasteiger partial charge in [0.25, 0.3) is 0 Å². The number of rotatable bonds is 19. The van der Waals surface area contributed by atoms with Crippen molar-refractivity contribution >= 4 is 29.1 Å². The fourth-order valence-electron chi connectivity index (χ4n) is 7.69. The van der Waals surface area contributed by atoms with Crippen molar-refractivity contribution in [2.75, 3.05) is 26.3 Å². The molecule has 1 fully saturated rings. The Hall–Kier alpha value is -5.58. The van der Waals surface area contributed by atoms with Gasteiger partial charge in [0.1, 0.15) is 48.5 Å². The maximum atomic E-state index is 12.2. The number of aromatic nitrogens is 2. The molecule has 3 unspecified atom stereocenters. The molecule has 4 aromatic rings. The van der Waals surface area contributed by atoms with Gasteiger partial charge in [0.15, 0.2) is 0 Å². The van der Waals surface area contributed by atoms with E-state index in [1.54, 1.807) is 36.8 Å². The molecule has 0 radical (unpaired) electrons. The molecule has 3 N–H and O–H groups in total. The number of carbonyl (C=O) groups is 2. The lowest BCUT2D eigenvalue weighted by Gasteiger charge is -2.40. The molecule has 4 atom stereocenters. The average molecular weight is 820 g/mol. The predicted octanol–water partition coefficient (Wildman–Crippen LogP) is 7.43. The van der Waals surface area contributed by atoms with Crippen LogP contribution < -0.4 is 14.8 Å². The van der Waals surface area contributed by atoms with Gasteiger partial charge in [-0.05, 0) is 98.3 Å². The van der Waals surface area contributed by atoms with Crippen LogP contribution in [-0.4, -0.2) is 81.0 Å². The third kappa shape index (κ3) is 11.1. The monoisotopic (exact) mass is 819 g/mol. The number of nitrogens with one attached hydrogen (secondary N) is 1. The fourth-order valence-corrected chi connectivity index (χ4v) is 7.93. The molecular formula is C46H50ClN5O7. The van der Waals surface area contributed by atoms with Crippen LogP contribution >= 0.6 is 11.6 Å². The lowest BCUT2D eigenvalue weighted by Crippen LogP contribution is -2.46. The average Bonchev–Trinajstić information content (AvgIpc) is 3.24. The first-order chi connectivity index (χ1) is 28.6. The van der Waals surface area contributed by atoms with Crippen molar-refractivity contribution in [2.24, 2.45) is 5.92 Å². The first-order valence-corrected chi connectivity index (χ1v) is 20.3. The summed E-state index contributed by atoms with van der Waals surface area (Å²) in [7, 11) is 0. The van der Waals surface area contributed by atoms with Gasteiger partial charge in [0.2, 0.25) is 0 Å². The maximum Gasteiger partial charge on any atom is 0.321 e. The summed E-state index contributed by atoms with van der Waals surface area (Å²) in [5, 5.41) is 32.8. The summed E-state index contributed by atoms with van der Waals surface area (Å²) in [5.74, 6) is -1.13. The van der Waals surface area contributed by atoms with E-state index in [1.165, 1.54) is 6.20 Å². The highest BCUT2D eigenvalue weighted by Crippen LogP contribution is 2.42. The molecule has 2 aromatic carbocycles. The van der Waals surface area contributed by atoms with Crippen LogP contribution in [0.4, 0.5) is 0 Å². The molecule has 1 aliphatic carbocycles. The molecule has 0 spiro atoms. The van der Waals surface area contributed by atoms with E-state index in [2.05, 4.69) is 53.4 Å². The highest BCUT2D eigenvalue weighted by atomic mass is 35.5. The van der Waals surface area contributed by atoms with Crippen molar-refractivity contribution in [3.05, 3.63) is 136 Å². The number of nitriles is 1. The Morgan fingerprint density at radius 1 is 1.05 bits per heavy atom. The minimum absolute atomic E-state index is 0.0843. The molecular weight excluding hydrogens is 770 g/mol. The topological polar surface area (TPSA) is 167 Å². The number of hydrogen-bond donors (Lipinski definition) is 3. The van der Waals surface area contributed by atoms with E-state index in [4.69, 9.17) is 25.8 Å². The minimum Gasteiger partial charge on any atom is -0.489 e. The summed E-state index contributed by atoms with van der Waals surface area (Å²) in [6, 6.07) is 17.8. The second-order valence-electron chi connectivity index (χ2n) is 15.1. The number of hydrogen-bond acceptors (Lipinski definition) is 10. The van der Waals surface area contributed by atoms with Gasteiger partial charge in [0.05, 0.1) is 10.6 Å². The van der Waals surface area contributed by atoms with E-state index < -0.39 is 29.6 Å². The highest BCUT2D eigenvalue weighted by molar-refractivity contribution is 6.32. The summed E-state index contributed by atoms with van der Waals surface area (Å²) in [4.78, 5) is 34.4. The normalized spacial score (nSPS) is 19.7. The molecule has 59 heavy (non-hydrogen) atoms. The third-order valence-electron chi connectivity index (χ3n) is 11.0. The van der Waals surface area contributed by atoms with E-state index in [-0.39, 0.29) is 19.1 Å². The number of allylic oxidation sites excluding steroid dienone is 2. The van der Waals surface area contributed by atoms with Crippen LogP contribution in [0.15, 0.2) is 97.6 Å². The lowest BCUT2D eigenvalue weighted by atomic mass is 9.76. The summed E-state index contributed by atoms with van der Waals surface area (Å²) >= 11 is 6.99. The molecule has 1 aliphatic heterocycles. The third-order valence-corrected chi connectivity index (χ3v) is 11.3. The van der Waals surface area contributed by atoms with Crippen molar-refractivity contribution in [2.45, 2.75) is 76.8 Å². The van der Waals surface area contributed by atoms with Gasteiger partial charge >= 0.3 is 11.9 Å². The zero-order chi connectivity index (χ0) is 41.8. The Kier molecular flexibility index (Phi) is 14.9. The quantitative estimate of drug-likeness (QED) is 0.0803. The molecule has 6 rings (SSSR count). The van der Waals surface area contributed by atoms with Gasteiger partial charge < -0.3 is 29.7 Å². The van der Waals surface area contributed by atoms with Gasteiger partial charge in [-0.1, -0.05) is 61.4 Å². The van der Waals surface area contributed by atoms with E-state index in [0.29, 0.717) is 78.7 Å². The molecule has 1 saturated heterocycles. The number of pyridine rings is 2. The second kappa shape index (κ2) is 20.4. The Morgan fingerprint density at radius 3 is 2.63 bits per heavy atom. The first kappa shape index (κ1) is 43.0. The van der Waals surface area contributed by atoms with Gasteiger partial charge in [-0.15, -0.1) is 0 Å². The number of aliphatic carboxylic acids is 2. The van der Waals surface area contributed by atoms with Crippen LogP contribution in [0.1, 0.15) is 66.0 Å². The fraction of sp³-hybridized carbons (Fsp3) is 0.370. The Labute approximate surface area is 350 Å². The standard InChI is InChI=1S/C46H50ClN5O7/c1-31-9-3-4-10-37(31)38-11-7-15-46(32(38)2,59-20-8-16-51-40(44(53)54)22-33-13-17-49-18-14-33)30-58-43-24-42(57-29-35-21-34(25-48)26-50-27-35)36(23-39(43)47)28-52-19-6-5-12-41(52)45(55)56/h3-4,7,9-11,13-15,17-18,21,23-24,26-27,32,40-41,51H,5-6,8,12,16,19-20,22,28-30H2,1-2H3,(H,53,54)(H,55,56)/t32?,40?,41-,46?/m0/s1. The van der Waals surface area contributed by atoms with Crippen LogP contribution in [0.3, 0.4) is 0 Å². The van der Waals surface area contributed by atoms with Crippen LogP contribution in [0.5, 0.6) is 11.5 Å². The van der Waals surface area contributed by atoms with Gasteiger partial charge in [-0.25, -0.2) is 0 Å². The molecule has 308 valence electrons. The molecule has 3 heterocycles. The van der Waals surface area contributed by atoms with E-state index in [0.717, 1.165) is 35.1 Å². The maximum absolute atomic E-state index is 12.2. The minimum atomic E-state index is -0.940. The zero-order valence-electron chi connectivity index (χ0n) is 33.4. The van der Waals surface area contributed by atoms with Crippen molar-refractivity contribution in [1.29, 1.82) is 5.26 Å². The number of halogens is 1. The number of likely N-dealkylation sites (tertiary alicyclic amines) is 1. The molecule has 0 bridgehead atoms. The summed E-state index contributed by atoms with van der Waals surface area (Å²) in [5.41, 5.74) is 5.06. The smallest absolute Gasteiger partial charge is 0.321 e. The van der Waals surface area contributed by atoms with Gasteiger partial charge in [-0.3, -0.25) is 24.5 Å². The summed E-state index contributed by atoms with van der Waals surface area (Å²) in [6.45, 7) is 6.03. The predicted molar refractivity (Wildman–Crippen MR) is 224 cm³/mol. The molecule has 13 heteroatoms. The first-order valence-electron chi connectivity index (χ1n) is 19.9. The van der Waals surface area contributed by atoms with Crippen LogP contribution in [0.2, 0.25) is 5.02 Å². The number of carboxylic acids is 2. The van der Waals surface area contributed by atoms with Crippen molar-refractivity contribution in [1.82, 2.24) is 20.2 Å². The Bertz CT molecular complexity index is 2190. The van der Waals surface area contributed by atoms with Crippen molar-refractivity contribution < 1.29 is 34.0 Å². The number of benzene rings is 2. The molecule has 2 aromatic heterocycles. The molecule has 12 nitrogen and oxygen atoms in total. The molecule has 0 amide bonds. The Balaban J connectivity index is 1.24. The van der Waals surface area contributed by atoms with Gasteiger partial charge in [0, 0.05) is 61.1 Å². The largest absolute Gasteiger partial charge is 0.489 e. The second-order valence-corrected chi connectivity index (χ2v) is 15.5. The van der Waals surface area contributed by atoms with E-state index in [1.807, 2.05) is 41.3 Å². The van der Waals surface area contributed by atoms with Crippen molar-refractivity contribution in [3.63, 3.8) is 0 Å². The van der Waals surface area contributed by atoms with E-state index >= 15 is 0 Å². The number of piperidine rings is 1. The number of ether oxygens (including phenoxy) is 3. The van der Waals surface area contributed by atoms with Crippen LogP contribution in [0.25, 0.3) is 5.57 Å². The highest BCUT2D eigenvalue weighted by Gasteiger charge is 2.40. The number of aryl methyl sites for hydroxylation is 1. The van der Waals surface area contributed by atoms with E-state index in [9.17, 15) is 25.1 Å². The van der Waals surface area contributed by atoms with Crippen LogP contribution in [-0.2, 0) is 33.9 Å². The van der Waals surface area contributed by atoms with Crippen LogP contribution in [0, 0.1) is 24.2 Å². The van der Waals surface area contributed by atoms with Crippen molar-refractivity contribution in [3.8, 4) is 17.6 Å². The molecule has 0 saturated carbocycles. The van der Waals surface area contributed by atoms with Gasteiger partial charge in [-0.2, -0.15) is 5.26 Å². The number of nitrogens with zero attached hydrogens (tertiary/aromatic N) is 4. The zero-order valence-corrected chi connectivity index (χ0v) is 34.1. The Morgan fingerprint density at radius 2 is 1.86 bits per heavy atom. The lowest BCUT2D eigenvalue weighted by molar-refractivity contribution is -0.145. The summed E-state index contributed by atoms with van der Waals surface area (Å²) < 4.78 is 19.8.